The van der Waals surface area contributed by atoms with Crippen LogP contribution in [-0.4, -0.2) is 54.9 Å². The van der Waals surface area contributed by atoms with E-state index in [2.05, 4.69) is 10.3 Å². The lowest BCUT2D eigenvalue weighted by Crippen LogP contribution is -2.45. The SMILES string of the molecule is Cc1c(C(=O)N2CCC(C(=O)O)C(C)C2)nnn1-c1cccc([N+](=O)[O-])c1. The Labute approximate surface area is 154 Å². The summed E-state index contributed by atoms with van der Waals surface area (Å²) in [6, 6.07) is 5.91. The van der Waals surface area contributed by atoms with Gasteiger partial charge >= 0.3 is 5.97 Å². The predicted molar refractivity (Wildman–Crippen MR) is 93.6 cm³/mol. The summed E-state index contributed by atoms with van der Waals surface area (Å²) in [5.41, 5.74) is 0.974. The van der Waals surface area contributed by atoms with E-state index in [9.17, 15) is 24.8 Å². The summed E-state index contributed by atoms with van der Waals surface area (Å²) >= 11 is 0. The first-order valence-corrected chi connectivity index (χ1v) is 8.48. The zero-order valence-corrected chi connectivity index (χ0v) is 14.9. The molecule has 1 fully saturated rings. The average molecular weight is 373 g/mol. The van der Waals surface area contributed by atoms with E-state index in [4.69, 9.17) is 0 Å². The molecule has 27 heavy (non-hydrogen) atoms. The third-order valence-corrected chi connectivity index (χ3v) is 4.89. The molecular weight excluding hydrogens is 354 g/mol. The number of nitro benzene ring substituents is 1. The van der Waals surface area contributed by atoms with Crippen molar-refractivity contribution in [3.63, 3.8) is 0 Å². The summed E-state index contributed by atoms with van der Waals surface area (Å²) in [7, 11) is 0. The number of piperidine rings is 1. The van der Waals surface area contributed by atoms with Crippen LogP contribution in [0.15, 0.2) is 24.3 Å². The van der Waals surface area contributed by atoms with E-state index < -0.39 is 16.8 Å². The van der Waals surface area contributed by atoms with Gasteiger partial charge in [0.1, 0.15) is 0 Å². The number of hydrogen-bond donors (Lipinski definition) is 1. The number of carbonyl (C=O) groups excluding carboxylic acids is 1. The molecule has 0 radical (unpaired) electrons. The monoisotopic (exact) mass is 373 g/mol. The zero-order chi connectivity index (χ0) is 19.7. The summed E-state index contributed by atoms with van der Waals surface area (Å²) in [6.07, 6.45) is 0.389. The number of nitrogens with zero attached hydrogens (tertiary/aromatic N) is 5. The van der Waals surface area contributed by atoms with Gasteiger partial charge in [-0.25, -0.2) is 4.68 Å². The molecule has 1 N–H and O–H groups in total. The minimum absolute atomic E-state index is 0.0835. The molecule has 0 aliphatic carbocycles. The van der Waals surface area contributed by atoms with E-state index in [0.717, 1.165) is 0 Å². The molecule has 2 aromatic rings. The van der Waals surface area contributed by atoms with Crippen LogP contribution in [0.4, 0.5) is 5.69 Å². The van der Waals surface area contributed by atoms with Gasteiger partial charge in [-0.05, 0) is 25.3 Å². The number of amides is 1. The third kappa shape index (κ3) is 3.50. The molecule has 1 aromatic carbocycles. The number of aromatic nitrogens is 3. The summed E-state index contributed by atoms with van der Waals surface area (Å²) < 4.78 is 1.38. The molecule has 1 aliphatic rings. The molecule has 2 heterocycles. The van der Waals surface area contributed by atoms with E-state index in [0.29, 0.717) is 30.9 Å². The maximum absolute atomic E-state index is 12.8. The van der Waals surface area contributed by atoms with Crippen LogP contribution in [-0.2, 0) is 4.79 Å². The van der Waals surface area contributed by atoms with Gasteiger partial charge in [0.2, 0.25) is 0 Å². The molecule has 2 atom stereocenters. The molecule has 1 aliphatic heterocycles. The maximum Gasteiger partial charge on any atom is 0.306 e. The smallest absolute Gasteiger partial charge is 0.306 e. The van der Waals surface area contributed by atoms with Crippen LogP contribution in [0.1, 0.15) is 29.5 Å². The standard InChI is InChI=1S/C17H19N5O5/c1-10-9-20(7-6-14(10)17(24)25)16(23)15-11(2)21(19-18-15)12-4-3-5-13(8-12)22(26)27/h3-5,8,10,14H,6-7,9H2,1-2H3,(H,24,25). The number of benzene rings is 1. The second-order valence-corrected chi connectivity index (χ2v) is 6.67. The van der Waals surface area contributed by atoms with Crippen molar-refractivity contribution in [3.05, 3.63) is 45.8 Å². The Morgan fingerprint density at radius 2 is 2.11 bits per heavy atom. The summed E-state index contributed by atoms with van der Waals surface area (Å²) in [5, 5.41) is 28.1. The summed E-state index contributed by atoms with van der Waals surface area (Å²) in [5.74, 6) is -1.79. The van der Waals surface area contributed by atoms with Crippen molar-refractivity contribution >= 4 is 17.6 Å². The summed E-state index contributed by atoms with van der Waals surface area (Å²) in [6.45, 7) is 4.15. The van der Waals surface area contributed by atoms with Crippen molar-refractivity contribution in [2.45, 2.75) is 20.3 Å². The fourth-order valence-corrected chi connectivity index (χ4v) is 3.36. The first kappa shape index (κ1) is 18.5. The second-order valence-electron chi connectivity index (χ2n) is 6.67. The first-order valence-electron chi connectivity index (χ1n) is 8.48. The number of hydrogen-bond acceptors (Lipinski definition) is 6. The highest BCUT2D eigenvalue weighted by molar-refractivity contribution is 5.93. The number of carbonyl (C=O) groups is 2. The molecule has 1 amide bonds. The van der Waals surface area contributed by atoms with Gasteiger partial charge in [0.05, 0.1) is 22.2 Å². The van der Waals surface area contributed by atoms with Crippen molar-refractivity contribution in [2.75, 3.05) is 13.1 Å². The molecule has 10 nitrogen and oxygen atoms in total. The van der Waals surface area contributed by atoms with Gasteiger partial charge in [-0.1, -0.05) is 18.2 Å². The first-order chi connectivity index (χ1) is 12.8. The Morgan fingerprint density at radius 1 is 1.37 bits per heavy atom. The highest BCUT2D eigenvalue weighted by Crippen LogP contribution is 2.25. The number of carboxylic acids is 1. The van der Waals surface area contributed by atoms with Gasteiger partial charge in [0.15, 0.2) is 5.69 Å². The molecule has 2 unspecified atom stereocenters. The van der Waals surface area contributed by atoms with Crippen LogP contribution in [0.25, 0.3) is 5.69 Å². The molecule has 0 bridgehead atoms. The molecule has 0 spiro atoms. The van der Waals surface area contributed by atoms with Crippen LogP contribution in [0.2, 0.25) is 0 Å². The lowest BCUT2D eigenvalue weighted by molar-refractivity contribution is -0.384. The van der Waals surface area contributed by atoms with E-state index in [1.165, 1.54) is 22.9 Å². The van der Waals surface area contributed by atoms with Crippen LogP contribution in [0.5, 0.6) is 0 Å². The van der Waals surface area contributed by atoms with Gasteiger partial charge in [-0.3, -0.25) is 19.7 Å². The molecule has 1 aromatic heterocycles. The number of likely N-dealkylation sites (tertiary alicyclic amines) is 1. The van der Waals surface area contributed by atoms with Crippen molar-refractivity contribution < 1.29 is 19.6 Å². The topological polar surface area (TPSA) is 131 Å². The van der Waals surface area contributed by atoms with Crippen molar-refractivity contribution in [2.24, 2.45) is 11.8 Å². The lowest BCUT2D eigenvalue weighted by atomic mass is 9.87. The Bertz CT molecular complexity index is 909. The Balaban J connectivity index is 1.83. The number of non-ortho nitro benzene ring substituents is 1. The molecule has 142 valence electrons. The van der Waals surface area contributed by atoms with Crippen molar-refractivity contribution in [1.29, 1.82) is 0 Å². The number of rotatable bonds is 4. The van der Waals surface area contributed by atoms with Crippen LogP contribution >= 0.6 is 0 Å². The van der Waals surface area contributed by atoms with Gasteiger partial charge < -0.3 is 10.0 Å². The van der Waals surface area contributed by atoms with E-state index in [1.54, 1.807) is 17.9 Å². The van der Waals surface area contributed by atoms with E-state index in [-0.39, 0.29) is 23.2 Å². The van der Waals surface area contributed by atoms with Crippen molar-refractivity contribution in [1.82, 2.24) is 19.9 Å². The number of carboxylic acid groups (broad SMARTS) is 1. The Morgan fingerprint density at radius 3 is 2.74 bits per heavy atom. The Hall–Kier alpha value is -3.30. The minimum atomic E-state index is -0.845. The highest BCUT2D eigenvalue weighted by Gasteiger charge is 2.34. The van der Waals surface area contributed by atoms with Gasteiger partial charge in [-0.15, -0.1) is 5.10 Å². The average Bonchev–Trinajstić information content (AvgIpc) is 3.02. The van der Waals surface area contributed by atoms with Crippen LogP contribution < -0.4 is 0 Å². The second kappa shape index (κ2) is 7.14. The fraction of sp³-hybridized carbons (Fsp3) is 0.412. The minimum Gasteiger partial charge on any atom is -0.481 e. The van der Waals surface area contributed by atoms with Gasteiger partial charge in [-0.2, -0.15) is 0 Å². The van der Waals surface area contributed by atoms with Crippen LogP contribution in [0, 0.1) is 28.9 Å². The van der Waals surface area contributed by atoms with E-state index >= 15 is 0 Å². The fourth-order valence-electron chi connectivity index (χ4n) is 3.36. The number of nitro groups is 1. The highest BCUT2D eigenvalue weighted by atomic mass is 16.6. The van der Waals surface area contributed by atoms with Gasteiger partial charge in [0, 0.05) is 25.2 Å². The predicted octanol–water partition coefficient (Wildman–Crippen LogP) is 1.67. The number of aliphatic carboxylic acids is 1. The molecule has 0 saturated carbocycles. The van der Waals surface area contributed by atoms with Gasteiger partial charge in [0.25, 0.3) is 11.6 Å². The quantitative estimate of drug-likeness (QED) is 0.637. The molecule has 3 rings (SSSR count). The third-order valence-electron chi connectivity index (χ3n) is 4.89. The Kier molecular flexibility index (Phi) is 4.89. The van der Waals surface area contributed by atoms with Crippen LogP contribution in [0.3, 0.4) is 0 Å². The van der Waals surface area contributed by atoms with Crippen molar-refractivity contribution in [3.8, 4) is 5.69 Å². The molecular formula is C17H19N5O5. The normalized spacial score (nSPS) is 19.7. The lowest BCUT2D eigenvalue weighted by Gasteiger charge is -2.34. The molecule has 1 saturated heterocycles. The largest absolute Gasteiger partial charge is 0.481 e. The molecule has 10 heteroatoms. The maximum atomic E-state index is 12.8. The zero-order valence-electron chi connectivity index (χ0n) is 14.9. The van der Waals surface area contributed by atoms with E-state index in [1.807, 2.05) is 6.92 Å². The summed E-state index contributed by atoms with van der Waals surface area (Å²) in [4.78, 5) is 36.1.